The van der Waals surface area contributed by atoms with Crippen molar-refractivity contribution in [1.29, 1.82) is 0 Å². The van der Waals surface area contributed by atoms with Crippen molar-refractivity contribution in [2.24, 2.45) is 5.41 Å². The summed E-state index contributed by atoms with van der Waals surface area (Å²) in [4.78, 5) is 37.1. The summed E-state index contributed by atoms with van der Waals surface area (Å²) in [5.74, 6) is -0.657. The molecule has 0 unspecified atom stereocenters. The number of ketones is 1. The van der Waals surface area contributed by atoms with Gasteiger partial charge in [-0.1, -0.05) is 32.9 Å². The summed E-state index contributed by atoms with van der Waals surface area (Å²) < 4.78 is 10.8. The highest BCUT2D eigenvalue weighted by molar-refractivity contribution is 6.02. The van der Waals surface area contributed by atoms with Gasteiger partial charge in [-0.3, -0.25) is 9.59 Å². The first-order chi connectivity index (χ1) is 13.6. The number of amides is 1. The van der Waals surface area contributed by atoms with Gasteiger partial charge in [-0.2, -0.15) is 0 Å². The first-order valence-corrected chi connectivity index (χ1v) is 9.52. The molecule has 0 spiro atoms. The fraction of sp³-hybridized carbons (Fsp3) is 0.348. The third kappa shape index (κ3) is 5.91. The quantitative estimate of drug-likeness (QED) is 0.550. The number of para-hydroxylation sites is 1. The third-order valence-electron chi connectivity index (χ3n) is 4.17. The molecule has 0 heterocycles. The van der Waals surface area contributed by atoms with E-state index < -0.39 is 17.5 Å². The predicted octanol–water partition coefficient (Wildman–Crippen LogP) is 4.50. The lowest BCUT2D eigenvalue weighted by Gasteiger charge is -2.18. The second-order valence-corrected chi connectivity index (χ2v) is 7.62. The summed E-state index contributed by atoms with van der Waals surface area (Å²) in [5.41, 5.74) is 0.734. The van der Waals surface area contributed by atoms with Crippen LogP contribution in [0.1, 0.15) is 55.3 Å². The average Bonchev–Trinajstić information content (AvgIpc) is 2.67. The normalized spacial score (nSPS) is 12.0. The van der Waals surface area contributed by atoms with Crippen molar-refractivity contribution < 1.29 is 23.9 Å². The van der Waals surface area contributed by atoms with Gasteiger partial charge in [0, 0.05) is 16.7 Å². The van der Waals surface area contributed by atoms with Crippen molar-refractivity contribution in [2.45, 2.75) is 40.7 Å². The summed E-state index contributed by atoms with van der Waals surface area (Å²) in [5, 5.41) is 2.80. The Morgan fingerprint density at radius 2 is 1.62 bits per heavy atom. The van der Waals surface area contributed by atoms with Gasteiger partial charge in [-0.05, 0) is 50.2 Å². The van der Waals surface area contributed by atoms with Crippen LogP contribution in [0.5, 0.6) is 5.75 Å². The highest BCUT2D eigenvalue weighted by Crippen LogP contribution is 2.21. The average molecular weight is 397 g/mol. The number of anilines is 1. The molecule has 0 bridgehead atoms. The first kappa shape index (κ1) is 22.1. The maximum Gasteiger partial charge on any atom is 0.342 e. The fourth-order valence-electron chi connectivity index (χ4n) is 2.47. The summed E-state index contributed by atoms with van der Waals surface area (Å²) in [6, 6.07) is 13.2. The van der Waals surface area contributed by atoms with Crippen LogP contribution in [0.25, 0.3) is 0 Å². The zero-order chi connectivity index (χ0) is 21.6. The molecular weight excluding hydrogens is 370 g/mol. The largest absolute Gasteiger partial charge is 0.493 e. The van der Waals surface area contributed by atoms with E-state index in [1.807, 2.05) is 27.7 Å². The zero-order valence-electron chi connectivity index (χ0n) is 17.4. The summed E-state index contributed by atoms with van der Waals surface area (Å²) >= 11 is 0. The lowest BCUT2D eigenvalue weighted by Crippen LogP contribution is -2.27. The van der Waals surface area contributed by atoms with Crippen LogP contribution in [0.15, 0.2) is 48.5 Å². The van der Waals surface area contributed by atoms with E-state index in [0.717, 1.165) is 0 Å². The minimum atomic E-state index is -0.966. The van der Waals surface area contributed by atoms with Gasteiger partial charge in [0.25, 0.3) is 0 Å². The summed E-state index contributed by atoms with van der Waals surface area (Å²) in [6.45, 7) is 9.22. The van der Waals surface area contributed by atoms with E-state index in [2.05, 4.69) is 5.32 Å². The number of benzene rings is 2. The highest BCUT2D eigenvalue weighted by Gasteiger charge is 2.23. The number of carbonyl (C=O) groups excluding carboxylic acids is 3. The standard InChI is InChI=1S/C23H27NO5/c1-6-28-19-10-8-7-9-18(19)21(26)29-15(2)20(25)16-11-13-17(14-12-16)24-22(27)23(3,4)5/h7-15H,6H2,1-5H3,(H,24,27)/t15-/m1/s1. The van der Waals surface area contributed by atoms with Crippen LogP contribution in [0.2, 0.25) is 0 Å². The number of hydrogen-bond donors (Lipinski definition) is 1. The Hall–Kier alpha value is -3.15. The van der Waals surface area contributed by atoms with Gasteiger partial charge in [0.15, 0.2) is 6.10 Å². The van der Waals surface area contributed by atoms with E-state index in [0.29, 0.717) is 23.6 Å². The molecule has 29 heavy (non-hydrogen) atoms. The molecule has 154 valence electrons. The molecule has 2 rings (SSSR count). The molecule has 6 heteroatoms. The molecule has 0 aliphatic heterocycles. The van der Waals surface area contributed by atoms with Gasteiger partial charge in [0.05, 0.1) is 6.61 Å². The second kappa shape index (κ2) is 9.37. The van der Waals surface area contributed by atoms with E-state index in [1.165, 1.54) is 6.92 Å². The lowest BCUT2D eigenvalue weighted by atomic mass is 9.95. The number of ether oxygens (including phenoxy) is 2. The molecule has 0 saturated carbocycles. The van der Waals surface area contributed by atoms with Crippen molar-refractivity contribution in [3.05, 3.63) is 59.7 Å². The molecular formula is C23H27NO5. The Kier molecular flexibility index (Phi) is 7.15. The van der Waals surface area contributed by atoms with Crippen LogP contribution < -0.4 is 10.1 Å². The Morgan fingerprint density at radius 3 is 2.21 bits per heavy atom. The molecule has 2 aromatic carbocycles. The van der Waals surface area contributed by atoms with Crippen molar-refractivity contribution in [1.82, 2.24) is 0 Å². The molecule has 6 nitrogen and oxygen atoms in total. The van der Waals surface area contributed by atoms with E-state index in [9.17, 15) is 14.4 Å². The maximum atomic E-state index is 12.6. The minimum absolute atomic E-state index is 0.119. The monoisotopic (exact) mass is 397 g/mol. The Balaban J connectivity index is 2.05. The molecule has 0 aliphatic rings. The lowest BCUT2D eigenvalue weighted by molar-refractivity contribution is -0.123. The molecule has 1 amide bonds. The Morgan fingerprint density at radius 1 is 1.00 bits per heavy atom. The molecule has 1 N–H and O–H groups in total. The Labute approximate surface area is 171 Å². The fourth-order valence-corrected chi connectivity index (χ4v) is 2.47. The molecule has 1 atom stereocenters. The number of Topliss-reactive ketones (excluding diaryl/α,β-unsaturated/α-hetero) is 1. The number of rotatable bonds is 7. The number of nitrogens with one attached hydrogen (secondary N) is 1. The minimum Gasteiger partial charge on any atom is -0.493 e. The third-order valence-corrected chi connectivity index (χ3v) is 4.17. The smallest absolute Gasteiger partial charge is 0.342 e. The topological polar surface area (TPSA) is 81.7 Å². The van der Waals surface area contributed by atoms with Gasteiger partial charge in [-0.25, -0.2) is 4.79 Å². The van der Waals surface area contributed by atoms with E-state index in [-0.39, 0.29) is 17.3 Å². The Bertz CT molecular complexity index is 881. The van der Waals surface area contributed by atoms with E-state index in [1.54, 1.807) is 48.5 Å². The van der Waals surface area contributed by atoms with Gasteiger partial charge in [-0.15, -0.1) is 0 Å². The van der Waals surface area contributed by atoms with Crippen LogP contribution in [0.4, 0.5) is 5.69 Å². The van der Waals surface area contributed by atoms with Gasteiger partial charge < -0.3 is 14.8 Å². The molecule has 0 radical (unpaired) electrons. The van der Waals surface area contributed by atoms with Gasteiger partial charge >= 0.3 is 5.97 Å². The van der Waals surface area contributed by atoms with Crippen LogP contribution >= 0.6 is 0 Å². The van der Waals surface area contributed by atoms with Crippen molar-refractivity contribution >= 4 is 23.3 Å². The maximum absolute atomic E-state index is 12.6. The van der Waals surface area contributed by atoms with Crippen LogP contribution in [0.3, 0.4) is 0 Å². The van der Waals surface area contributed by atoms with Gasteiger partial charge in [0.1, 0.15) is 11.3 Å². The van der Waals surface area contributed by atoms with Gasteiger partial charge in [0.2, 0.25) is 11.7 Å². The molecule has 0 aromatic heterocycles. The van der Waals surface area contributed by atoms with Crippen molar-refractivity contribution in [3.63, 3.8) is 0 Å². The van der Waals surface area contributed by atoms with E-state index >= 15 is 0 Å². The molecule has 0 aliphatic carbocycles. The van der Waals surface area contributed by atoms with Crippen LogP contribution in [-0.4, -0.2) is 30.4 Å². The summed E-state index contributed by atoms with van der Waals surface area (Å²) in [7, 11) is 0. The SMILES string of the molecule is CCOc1ccccc1C(=O)O[C@H](C)C(=O)c1ccc(NC(=O)C(C)(C)C)cc1. The van der Waals surface area contributed by atoms with Crippen molar-refractivity contribution in [3.8, 4) is 5.75 Å². The molecule has 2 aromatic rings. The number of hydrogen-bond acceptors (Lipinski definition) is 5. The molecule has 0 fully saturated rings. The number of esters is 1. The highest BCUT2D eigenvalue weighted by atomic mass is 16.5. The predicted molar refractivity (Wildman–Crippen MR) is 111 cm³/mol. The van der Waals surface area contributed by atoms with Crippen LogP contribution in [-0.2, 0) is 9.53 Å². The second-order valence-electron chi connectivity index (χ2n) is 7.62. The first-order valence-electron chi connectivity index (χ1n) is 9.52. The number of carbonyl (C=O) groups is 3. The van der Waals surface area contributed by atoms with E-state index in [4.69, 9.17) is 9.47 Å². The summed E-state index contributed by atoms with van der Waals surface area (Å²) in [6.07, 6.45) is -0.966. The van der Waals surface area contributed by atoms with Crippen LogP contribution in [0, 0.1) is 5.41 Å². The molecule has 0 saturated heterocycles. The van der Waals surface area contributed by atoms with Crippen molar-refractivity contribution in [2.75, 3.05) is 11.9 Å². The zero-order valence-corrected chi connectivity index (χ0v) is 17.4.